The highest BCUT2D eigenvalue weighted by molar-refractivity contribution is 5.91. The Morgan fingerprint density at radius 3 is 2.15 bits per heavy atom. The zero-order valence-corrected chi connectivity index (χ0v) is 18.1. The van der Waals surface area contributed by atoms with E-state index in [0.29, 0.717) is 18.6 Å². The molecule has 2 aromatic carbocycles. The van der Waals surface area contributed by atoms with Crippen molar-refractivity contribution in [1.29, 1.82) is 0 Å². The van der Waals surface area contributed by atoms with Crippen LogP contribution >= 0.6 is 0 Å². The molecule has 0 radical (unpaired) electrons. The van der Waals surface area contributed by atoms with Gasteiger partial charge in [0.2, 0.25) is 0 Å². The fourth-order valence-electron chi connectivity index (χ4n) is 3.99. The van der Waals surface area contributed by atoms with Gasteiger partial charge in [-0.2, -0.15) is 0 Å². The van der Waals surface area contributed by atoms with Crippen molar-refractivity contribution >= 4 is 11.4 Å². The first-order valence-corrected chi connectivity index (χ1v) is 10.1. The van der Waals surface area contributed by atoms with Gasteiger partial charge in [-0.3, -0.25) is 4.79 Å². The van der Waals surface area contributed by atoms with Crippen LogP contribution in [0.25, 0.3) is 5.57 Å². The van der Waals surface area contributed by atoms with E-state index in [-0.39, 0.29) is 0 Å². The maximum absolute atomic E-state index is 12.0. The highest BCUT2D eigenvalue weighted by Gasteiger charge is 2.15. The van der Waals surface area contributed by atoms with Crippen molar-refractivity contribution in [2.45, 2.75) is 74.1 Å². The molecular weight excluding hydrogens is 328 g/mol. The molecule has 0 bridgehead atoms. The molecule has 0 fully saturated rings. The summed E-state index contributed by atoms with van der Waals surface area (Å²) in [7, 11) is 0. The molecule has 0 aliphatic rings. The Bertz CT molecular complexity index is 868. The molecule has 0 amide bonds. The molecular formula is C26H34O. The van der Waals surface area contributed by atoms with Crippen molar-refractivity contribution in [3.8, 4) is 0 Å². The van der Waals surface area contributed by atoms with Gasteiger partial charge in [0.15, 0.2) is 0 Å². The van der Waals surface area contributed by atoms with Crippen molar-refractivity contribution in [2.75, 3.05) is 0 Å². The SMILES string of the molecule is C/C=C(/CC(=O)CC)c1c(C)cc(CCc2ccc(C)cc2C)c(C)c1C. The number of allylic oxidation sites excluding steroid dienone is 2. The number of Topliss-reactive ketones (excluding diaryl/α,β-unsaturated/α-hetero) is 1. The number of carbonyl (C=O) groups is 1. The topological polar surface area (TPSA) is 17.1 Å². The highest BCUT2D eigenvalue weighted by Crippen LogP contribution is 2.31. The van der Waals surface area contributed by atoms with E-state index in [1.807, 2.05) is 13.8 Å². The maximum atomic E-state index is 12.0. The predicted octanol–water partition coefficient (Wildman–Crippen LogP) is 6.79. The molecule has 0 aliphatic carbocycles. The van der Waals surface area contributed by atoms with E-state index in [9.17, 15) is 4.79 Å². The monoisotopic (exact) mass is 362 g/mol. The number of benzene rings is 2. The molecule has 1 heteroatoms. The smallest absolute Gasteiger partial charge is 0.137 e. The number of ketones is 1. The summed E-state index contributed by atoms with van der Waals surface area (Å²) in [5.74, 6) is 0.304. The van der Waals surface area contributed by atoms with Gasteiger partial charge in [0, 0.05) is 12.8 Å². The molecule has 0 atom stereocenters. The van der Waals surface area contributed by atoms with Crippen LogP contribution < -0.4 is 0 Å². The summed E-state index contributed by atoms with van der Waals surface area (Å²) in [6, 6.07) is 9.08. The number of hydrogen-bond acceptors (Lipinski definition) is 1. The molecule has 0 spiro atoms. The second kappa shape index (κ2) is 9.17. The first-order chi connectivity index (χ1) is 12.8. The van der Waals surface area contributed by atoms with E-state index in [0.717, 1.165) is 12.8 Å². The summed E-state index contributed by atoms with van der Waals surface area (Å²) < 4.78 is 0. The average molecular weight is 363 g/mol. The molecule has 27 heavy (non-hydrogen) atoms. The lowest BCUT2D eigenvalue weighted by molar-refractivity contribution is -0.117. The van der Waals surface area contributed by atoms with Crippen LogP contribution in [0.3, 0.4) is 0 Å². The summed E-state index contributed by atoms with van der Waals surface area (Å²) in [6.07, 6.45) is 5.36. The van der Waals surface area contributed by atoms with Crippen molar-refractivity contribution in [1.82, 2.24) is 0 Å². The van der Waals surface area contributed by atoms with Crippen LogP contribution in [-0.2, 0) is 17.6 Å². The first-order valence-electron chi connectivity index (χ1n) is 10.1. The molecule has 0 N–H and O–H groups in total. The van der Waals surface area contributed by atoms with Crippen LogP contribution in [0.5, 0.6) is 0 Å². The lowest BCUT2D eigenvalue weighted by atomic mass is 9.85. The van der Waals surface area contributed by atoms with Crippen molar-refractivity contribution in [3.63, 3.8) is 0 Å². The maximum Gasteiger partial charge on any atom is 0.137 e. The Morgan fingerprint density at radius 1 is 0.889 bits per heavy atom. The zero-order chi connectivity index (χ0) is 20.1. The summed E-state index contributed by atoms with van der Waals surface area (Å²) in [4.78, 5) is 12.0. The van der Waals surface area contributed by atoms with Crippen LogP contribution in [0, 0.1) is 34.6 Å². The van der Waals surface area contributed by atoms with Gasteiger partial charge >= 0.3 is 0 Å². The molecule has 0 heterocycles. The fourth-order valence-corrected chi connectivity index (χ4v) is 3.99. The molecule has 0 aliphatic heterocycles. The third-order valence-electron chi connectivity index (χ3n) is 5.82. The van der Waals surface area contributed by atoms with Gasteiger partial charge in [0.25, 0.3) is 0 Å². The van der Waals surface area contributed by atoms with Gasteiger partial charge in [0.05, 0.1) is 0 Å². The number of carbonyl (C=O) groups excluding carboxylic acids is 1. The van der Waals surface area contributed by atoms with Crippen LogP contribution in [0.2, 0.25) is 0 Å². The summed E-state index contributed by atoms with van der Waals surface area (Å²) in [6.45, 7) is 15.0. The average Bonchev–Trinajstić information content (AvgIpc) is 2.63. The second-order valence-electron chi connectivity index (χ2n) is 7.79. The summed E-state index contributed by atoms with van der Waals surface area (Å²) in [5.41, 5.74) is 12.0. The summed E-state index contributed by atoms with van der Waals surface area (Å²) >= 11 is 0. The number of rotatable bonds is 7. The van der Waals surface area contributed by atoms with E-state index in [4.69, 9.17) is 0 Å². The summed E-state index contributed by atoms with van der Waals surface area (Å²) in [5, 5.41) is 0. The van der Waals surface area contributed by atoms with E-state index >= 15 is 0 Å². The molecule has 0 unspecified atom stereocenters. The van der Waals surface area contributed by atoms with Gasteiger partial charge in [-0.05, 0) is 98.9 Å². The van der Waals surface area contributed by atoms with Gasteiger partial charge in [-0.1, -0.05) is 42.8 Å². The molecule has 2 rings (SSSR count). The molecule has 1 nitrogen and oxygen atoms in total. The minimum atomic E-state index is 0.304. The van der Waals surface area contributed by atoms with E-state index in [2.05, 4.69) is 65.0 Å². The van der Waals surface area contributed by atoms with Crippen molar-refractivity contribution in [3.05, 3.63) is 74.8 Å². The van der Waals surface area contributed by atoms with Crippen LogP contribution in [0.1, 0.15) is 71.2 Å². The Balaban J connectivity index is 2.31. The normalized spacial score (nSPS) is 11.7. The van der Waals surface area contributed by atoms with Gasteiger partial charge in [0.1, 0.15) is 5.78 Å². The van der Waals surface area contributed by atoms with Gasteiger partial charge in [-0.15, -0.1) is 0 Å². The number of hydrogen-bond donors (Lipinski definition) is 0. The van der Waals surface area contributed by atoms with E-state index in [1.165, 1.54) is 50.1 Å². The van der Waals surface area contributed by atoms with Crippen LogP contribution in [0.4, 0.5) is 0 Å². The first kappa shape index (κ1) is 21.2. The zero-order valence-electron chi connectivity index (χ0n) is 18.1. The Morgan fingerprint density at radius 2 is 1.56 bits per heavy atom. The Hall–Kier alpha value is -2.15. The molecule has 0 aromatic heterocycles. The largest absolute Gasteiger partial charge is 0.299 e. The Labute approximate surface area is 165 Å². The third-order valence-corrected chi connectivity index (χ3v) is 5.82. The fraction of sp³-hybridized carbons (Fsp3) is 0.423. The van der Waals surface area contributed by atoms with Crippen LogP contribution in [-0.4, -0.2) is 5.78 Å². The quantitative estimate of drug-likeness (QED) is 0.530. The van der Waals surface area contributed by atoms with Crippen molar-refractivity contribution in [2.24, 2.45) is 0 Å². The van der Waals surface area contributed by atoms with E-state index in [1.54, 1.807) is 0 Å². The lowest BCUT2D eigenvalue weighted by Crippen LogP contribution is -2.05. The minimum absolute atomic E-state index is 0.304. The molecule has 0 saturated carbocycles. The lowest BCUT2D eigenvalue weighted by Gasteiger charge is -2.19. The van der Waals surface area contributed by atoms with E-state index < -0.39 is 0 Å². The predicted molar refractivity (Wildman–Crippen MR) is 118 cm³/mol. The van der Waals surface area contributed by atoms with Gasteiger partial charge < -0.3 is 0 Å². The molecule has 2 aromatic rings. The number of aryl methyl sites for hydroxylation is 5. The minimum Gasteiger partial charge on any atom is -0.299 e. The van der Waals surface area contributed by atoms with Gasteiger partial charge in [-0.25, -0.2) is 0 Å². The van der Waals surface area contributed by atoms with Crippen molar-refractivity contribution < 1.29 is 4.79 Å². The third kappa shape index (κ3) is 4.97. The second-order valence-corrected chi connectivity index (χ2v) is 7.79. The van der Waals surface area contributed by atoms with Crippen LogP contribution in [0.15, 0.2) is 30.3 Å². The highest BCUT2D eigenvalue weighted by atomic mass is 16.1. The molecule has 144 valence electrons. The molecule has 0 saturated heterocycles. The standard InChI is InChI=1S/C26H34O/c1-8-22(16-25(27)9-2)26-19(5)15-24(20(6)21(26)7)13-12-23-11-10-17(3)14-18(23)4/h8,10-11,14-15H,9,12-13,16H2,1-7H3/b22-8-. The Kier molecular flexibility index (Phi) is 7.18.